The van der Waals surface area contributed by atoms with Crippen LogP contribution in [0, 0.1) is 0 Å². The lowest BCUT2D eigenvalue weighted by Crippen LogP contribution is -2.14. The molecule has 1 aromatic carbocycles. The second-order valence-electron chi connectivity index (χ2n) is 4.79. The Morgan fingerprint density at radius 2 is 2.00 bits per heavy atom. The molecule has 2 rings (SSSR count). The van der Waals surface area contributed by atoms with Crippen LogP contribution < -0.4 is 10.6 Å². The molecule has 1 amide bonds. The molecule has 0 bridgehead atoms. The molecule has 0 aliphatic rings. The first-order chi connectivity index (χ1) is 10.8. The van der Waals surface area contributed by atoms with Crippen LogP contribution in [-0.4, -0.2) is 24.2 Å². The van der Waals surface area contributed by atoms with Crippen LogP contribution in [0.4, 0.5) is 16.3 Å². The van der Waals surface area contributed by atoms with Crippen molar-refractivity contribution in [2.24, 2.45) is 0 Å². The summed E-state index contributed by atoms with van der Waals surface area (Å²) in [5, 5.41) is 5.87. The van der Waals surface area contributed by atoms with Gasteiger partial charge in [-0.2, -0.15) is 0 Å². The van der Waals surface area contributed by atoms with Crippen molar-refractivity contribution in [3.05, 3.63) is 54.2 Å². The largest absolute Gasteiger partial charge is 0.450 e. The van der Waals surface area contributed by atoms with Gasteiger partial charge in [0.2, 0.25) is 0 Å². The van der Waals surface area contributed by atoms with E-state index in [1.807, 2.05) is 12.1 Å². The average Bonchev–Trinajstić information content (AvgIpc) is 2.54. The fraction of sp³-hybridized carbons (Fsp3) is 0.294. The molecule has 0 atom stereocenters. The number of aryl methyl sites for hydroxylation is 1. The topological polar surface area (TPSA) is 63.2 Å². The predicted octanol–water partition coefficient (Wildman–Crippen LogP) is 3.69. The van der Waals surface area contributed by atoms with Crippen molar-refractivity contribution in [3.63, 3.8) is 0 Å². The highest BCUT2D eigenvalue weighted by atomic mass is 16.5. The molecular weight excluding hydrogens is 278 g/mol. The van der Waals surface area contributed by atoms with Crippen molar-refractivity contribution in [1.29, 1.82) is 0 Å². The maximum atomic E-state index is 11.3. The number of nitrogens with zero attached hydrogens (tertiary/aromatic N) is 1. The van der Waals surface area contributed by atoms with Gasteiger partial charge in [0.05, 0.1) is 18.5 Å². The van der Waals surface area contributed by atoms with Gasteiger partial charge in [0.1, 0.15) is 5.82 Å². The zero-order valence-electron chi connectivity index (χ0n) is 12.7. The molecule has 0 spiro atoms. The third-order valence-corrected chi connectivity index (χ3v) is 3.08. The fourth-order valence-electron chi connectivity index (χ4n) is 2.01. The van der Waals surface area contributed by atoms with Gasteiger partial charge in [-0.05, 0) is 37.5 Å². The third-order valence-electron chi connectivity index (χ3n) is 3.08. The van der Waals surface area contributed by atoms with E-state index in [2.05, 4.69) is 39.9 Å². The number of ether oxygens (including phenoxy) is 1. The monoisotopic (exact) mass is 299 g/mol. The number of benzene rings is 1. The Bertz CT molecular complexity index is 570. The van der Waals surface area contributed by atoms with Crippen LogP contribution in [0.25, 0.3) is 0 Å². The van der Waals surface area contributed by atoms with Crippen LogP contribution in [0.2, 0.25) is 0 Å². The van der Waals surface area contributed by atoms with E-state index in [9.17, 15) is 4.79 Å². The van der Waals surface area contributed by atoms with E-state index in [4.69, 9.17) is 4.74 Å². The Labute approximate surface area is 130 Å². The van der Waals surface area contributed by atoms with Crippen LogP contribution in [0.5, 0.6) is 0 Å². The van der Waals surface area contributed by atoms with Gasteiger partial charge >= 0.3 is 6.09 Å². The zero-order valence-corrected chi connectivity index (χ0v) is 12.7. The number of aromatic nitrogens is 1. The number of carbonyl (C=O) groups excluding carboxylic acids is 1. The van der Waals surface area contributed by atoms with E-state index in [-0.39, 0.29) is 0 Å². The van der Waals surface area contributed by atoms with Crippen molar-refractivity contribution in [2.75, 3.05) is 23.8 Å². The summed E-state index contributed by atoms with van der Waals surface area (Å²) in [5.74, 6) is 0.480. The first kappa shape index (κ1) is 15.8. The lowest BCUT2D eigenvalue weighted by molar-refractivity contribution is 0.168. The summed E-state index contributed by atoms with van der Waals surface area (Å²) in [6.45, 7) is 2.98. The zero-order chi connectivity index (χ0) is 15.6. The Kier molecular flexibility index (Phi) is 6.23. The van der Waals surface area contributed by atoms with Crippen LogP contribution in [0.1, 0.15) is 18.9 Å². The second kappa shape index (κ2) is 8.67. The molecule has 116 valence electrons. The normalized spacial score (nSPS) is 10.0. The minimum Gasteiger partial charge on any atom is -0.450 e. The highest BCUT2D eigenvalue weighted by molar-refractivity contribution is 5.83. The summed E-state index contributed by atoms with van der Waals surface area (Å²) in [5.41, 5.74) is 2.28. The van der Waals surface area contributed by atoms with Crippen LogP contribution >= 0.6 is 0 Å². The molecule has 1 heterocycles. The summed E-state index contributed by atoms with van der Waals surface area (Å²) in [6, 6.07) is 14.0. The van der Waals surface area contributed by atoms with Gasteiger partial charge in [-0.3, -0.25) is 5.32 Å². The second-order valence-corrected chi connectivity index (χ2v) is 4.79. The molecule has 0 radical (unpaired) electrons. The van der Waals surface area contributed by atoms with Crippen LogP contribution in [0.3, 0.4) is 0 Å². The van der Waals surface area contributed by atoms with E-state index in [0.29, 0.717) is 12.4 Å². The van der Waals surface area contributed by atoms with Crippen molar-refractivity contribution in [1.82, 2.24) is 4.98 Å². The molecule has 0 aliphatic heterocycles. The molecular formula is C17H21N3O2. The van der Waals surface area contributed by atoms with Crippen LogP contribution in [-0.2, 0) is 11.2 Å². The minimum atomic E-state index is -0.487. The quantitative estimate of drug-likeness (QED) is 0.765. The molecule has 0 aliphatic carbocycles. The van der Waals surface area contributed by atoms with E-state index < -0.39 is 6.09 Å². The van der Waals surface area contributed by atoms with Crippen molar-refractivity contribution in [2.45, 2.75) is 19.8 Å². The van der Waals surface area contributed by atoms with Gasteiger partial charge in [0.15, 0.2) is 0 Å². The number of hydrogen-bond acceptors (Lipinski definition) is 4. The smallest absolute Gasteiger partial charge is 0.412 e. The van der Waals surface area contributed by atoms with Crippen molar-refractivity contribution < 1.29 is 9.53 Å². The third kappa shape index (κ3) is 5.44. The number of anilines is 2. The first-order valence-electron chi connectivity index (χ1n) is 7.45. The molecule has 2 N–H and O–H groups in total. The molecule has 0 saturated carbocycles. The number of rotatable bonds is 7. The highest BCUT2D eigenvalue weighted by Gasteiger charge is 2.02. The molecule has 1 aromatic heterocycles. The lowest BCUT2D eigenvalue weighted by Gasteiger charge is -2.08. The van der Waals surface area contributed by atoms with E-state index >= 15 is 0 Å². The SMILES string of the molecule is CCOC(=O)Nc1ccc(NCCCc2ccccc2)cn1. The Morgan fingerprint density at radius 1 is 1.18 bits per heavy atom. The Hall–Kier alpha value is -2.56. The summed E-state index contributed by atoms with van der Waals surface area (Å²) in [4.78, 5) is 15.4. The number of nitrogens with one attached hydrogen (secondary N) is 2. The summed E-state index contributed by atoms with van der Waals surface area (Å²) >= 11 is 0. The number of pyridine rings is 1. The van der Waals surface area contributed by atoms with Gasteiger partial charge in [-0.25, -0.2) is 9.78 Å². The molecule has 5 heteroatoms. The average molecular weight is 299 g/mol. The standard InChI is InChI=1S/C17H21N3O2/c1-2-22-17(21)20-16-11-10-15(13-19-16)18-12-6-9-14-7-4-3-5-8-14/h3-5,7-8,10-11,13,18H,2,6,9,12H2,1H3,(H,19,20,21). The maximum Gasteiger partial charge on any atom is 0.412 e. The number of carbonyl (C=O) groups is 1. The first-order valence-corrected chi connectivity index (χ1v) is 7.45. The summed E-state index contributed by atoms with van der Waals surface area (Å²) in [6.07, 6.45) is 3.30. The molecule has 5 nitrogen and oxygen atoms in total. The molecule has 0 saturated heterocycles. The molecule has 0 fully saturated rings. The minimum absolute atomic E-state index is 0.340. The fourth-order valence-corrected chi connectivity index (χ4v) is 2.01. The van der Waals surface area contributed by atoms with Gasteiger partial charge in [0.25, 0.3) is 0 Å². The Morgan fingerprint density at radius 3 is 2.68 bits per heavy atom. The van der Waals surface area contributed by atoms with E-state index in [0.717, 1.165) is 25.1 Å². The van der Waals surface area contributed by atoms with E-state index in [1.165, 1.54) is 5.56 Å². The molecule has 22 heavy (non-hydrogen) atoms. The lowest BCUT2D eigenvalue weighted by atomic mass is 10.1. The number of amides is 1. The van der Waals surface area contributed by atoms with Crippen molar-refractivity contribution >= 4 is 17.6 Å². The van der Waals surface area contributed by atoms with Gasteiger partial charge in [-0.1, -0.05) is 30.3 Å². The number of hydrogen-bond donors (Lipinski definition) is 2. The van der Waals surface area contributed by atoms with Crippen molar-refractivity contribution in [3.8, 4) is 0 Å². The molecule has 2 aromatic rings. The molecule has 0 unspecified atom stereocenters. The van der Waals surface area contributed by atoms with Crippen LogP contribution in [0.15, 0.2) is 48.7 Å². The predicted molar refractivity (Wildman–Crippen MR) is 88.1 cm³/mol. The van der Waals surface area contributed by atoms with E-state index in [1.54, 1.807) is 19.2 Å². The highest BCUT2D eigenvalue weighted by Crippen LogP contribution is 2.10. The van der Waals surface area contributed by atoms with Gasteiger partial charge in [-0.15, -0.1) is 0 Å². The van der Waals surface area contributed by atoms with Gasteiger partial charge < -0.3 is 10.1 Å². The Balaban J connectivity index is 1.71. The van der Waals surface area contributed by atoms with Gasteiger partial charge in [0, 0.05) is 6.54 Å². The summed E-state index contributed by atoms with van der Waals surface area (Å²) < 4.78 is 4.79. The summed E-state index contributed by atoms with van der Waals surface area (Å²) in [7, 11) is 0. The maximum absolute atomic E-state index is 11.3.